The van der Waals surface area contributed by atoms with Crippen LogP contribution in [0.5, 0.6) is 0 Å². The molecule has 0 saturated heterocycles. The minimum Gasteiger partial charge on any atom is -0.358 e. The van der Waals surface area contributed by atoms with Gasteiger partial charge in [-0.3, -0.25) is 0 Å². The number of rotatable bonds is 1. The van der Waals surface area contributed by atoms with Crippen molar-refractivity contribution < 1.29 is 0 Å². The number of halogens is 1. The second-order valence-electron chi connectivity index (χ2n) is 3.73. The highest BCUT2D eigenvalue weighted by Gasteiger charge is 2.07. The molecule has 1 aromatic heterocycles. The van der Waals surface area contributed by atoms with Crippen LogP contribution in [0.4, 0.5) is 0 Å². The fourth-order valence-corrected chi connectivity index (χ4v) is 2.21. The van der Waals surface area contributed by atoms with Crippen LogP contribution in [0.2, 0.25) is 0 Å². The van der Waals surface area contributed by atoms with E-state index in [1.165, 1.54) is 32.2 Å². The predicted octanol–water partition coefficient (Wildman–Crippen LogP) is 4.11. The maximum Gasteiger partial charge on any atom is 0.0462 e. The van der Waals surface area contributed by atoms with Crippen LogP contribution in [0.3, 0.4) is 0 Å². The van der Waals surface area contributed by atoms with E-state index in [2.05, 4.69) is 53.8 Å². The molecule has 1 nitrogen and oxygen atoms in total. The summed E-state index contributed by atoms with van der Waals surface area (Å²) in [6.45, 7) is 6.48. The van der Waals surface area contributed by atoms with Crippen molar-refractivity contribution in [2.75, 3.05) is 0 Å². The van der Waals surface area contributed by atoms with Crippen molar-refractivity contribution in [3.8, 4) is 0 Å². The van der Waals surface area contributed by atoms with Gasteiger partial charge < -0.3 is 4.98 Å². The molecule has 0 aliphatic rings. The Hall–Kier alpha value is -0.760. The van der Waals surface area contributed by atoms with Gasteiger partial charge in [0.25, 0.3) is 0 Å². The van der Waals surface area contributed by atoms with Gasteiger partial charge in [-0.25, -0.2) is 0 Å². The van der Waals surface area contributed by atoms with Crippen molar-refractivity contribution in [1.29, 1.82) is 0 Å². The lowest BCUT2D eigenvalue weighted by molar-refractivity contribution is 1.05. The van der Waals surface area contributed by atoms with Crippen LogP contribution >= 0.6 is 15.9 Å². The van der Waals surface area contributed by atoms with Gasteiger partial charge in [0.05, 0.1) is 0 Å². The minimum atomic E-state index is 1.07. The molecule has 0 atom stereocenters. The summed E-state index contributed by atoms with van der Waals surface area (Å²) in [6, 6.07) is 4.40. The number of aromatic nitrogens is 1. The number of aromatic amines is 1. The maximum atomic E-state index is 3.57. The Kier molecular flexibility index (Phi) is 2.40. The molecule has 0 spiro atoms. The normalized spacial score (nSPS) is 11.1. The zero-order valence-electron chi connectivity index (χ0n) is 8.74. The zero-order chi connectivity index (χ0) is 10.3. The molecule has 0 unspecified atom stereocenters. The first kappa shape index (κ1) is 9.78. The lowest BCUT2D eigenvalue weighted by Gasteiger charge is -1.98. The van der Waals surface area contributed by atoms with Crippen LogP contribution in [0.25, 0.3) is 10.9 Å². The smallest absolute Gasteiger partial charge is 0.0462 e. The molecule has 14 heavy (non-hydrogen) atoms. The monoisotopic (exact) mass is 251 g/mol. The van der Waals surface area contributed by atoms with E-state index in [1.807, 2.05) is 0 Å². The molecule has 1 N–H and O–H groups in total. The number of hydrogen-bond acceptors (Lipinski definition) is 0. The molecular weight excluding hydrogens is 238 g/mol. The van der Waals surface area contributed by atoms with Gasteiger partial charge in [-0.15, -0.1) is 0 Å². The second-order valence-corrected chi connectivity index (χ2v) is 4.58. The molecule has 0 saturated carbocycles. The third-order valence-corrected chi connectivity index (χ3v) is 3.65. The van der Waals surface area contributed by atoms with Crippen molar-refractivity contribution in [2.45, 2.75) is 27.2 Å². The number of aryl methyl sites for hydroxylation is 3. The minimum absolute atomic E-state index is 1.07. The molecule has 0 aliphatic heterocycles. The summed E-state index contributed by atoms with van der Waals surface area (Å²) in [4.78, 5) is 3.46. The van der Waals surface area contributed by atoms with Gasteiger partial charge in [0.2, 0.25) is 0 Å². The molecule has 74 valence electrons. The Labute approximate surface area is 92.6 Å². The molecule has 0 radical (unpaired) electrons. The van der Waals surface area contributed by atoms with Gasteiger partial charge in [0, 0.05) is 21.1 Å². The summed E-state index contributed by atoms with van der Waals surface area (Å²) < 4.78 is 1.19. The van der Waals surface area contributed by atoms with E-state index >= 15 is 0 Å². The van der Waals surface area contributed by atoms with Crippen molar-refractivity contribution in [3.63, 3.8) is 0 Å². The van der Waals surface area contributed by atoms with Gasteiger partial charge in [-0.05, 0) is 43.5 Å². The van der Waals surface area contributed by atoms with Crippen LogP contribution in [0.1, 0.15) is 23.7 Å². The average Bonchev–Trinajstić information content (AvgIpc) is 2.45. The van der Waals surface area contributed by atoms with E-state index in [4.69, 9.17) is 0 Å². The Bertz CT molecular complexity index is 483. The molecule has 2 rings (SSSR count). The van der Waals surface area contributed by atoms with Gasteiger partial charge in [0.15, 0.2) is 0 Å². The molecule has 0 aliphatic carbocycles. The molecule has 0 fully saturated rings. The molecule has 0 amide bonds. The highest BCUT2D eigenvalue weighted by Crippen LogP contribution is 2.27. The summed E-state index contributed by atoms with van der Waals surface area (Å²) in [7, 11) is 0. The summed E-state index contributed by atoms with van der Waals surface area (Å²) in [5, 5.41) is 1.33. The lowest BCUT2D eigenvalue weighted by atomic mass is 10.1. The number of benzene rings is 1. The molecular formula is C12H14BrN. The highest BCUT2D eigenvalue weighted by atomic mass is 79.9. The number of hydrogen-bond donors (Lipinski definition) is 1. The van der Waals surface area contributed by atoms with Crippen molar-refractivity contribution >= 4 is 26.8 Å². The van der Waals surface area contributed by atoms with Gasteiger partial charge in [-0.1, -0.05) is 22.9 Å². The van der Waals surface area contributed by atoms with Gasteiger partial charge >= 0.3 is 0 Å². The summed E-state index contributed by atoms with van der Waals surface area (Å²) in [5.41, 5.74) is 5.25. The SMILES string of the molecule is CCc1[nH]c2cc(C)c(Br)cc2c1C. The maximum absolute atomic E-state index is 3.57. The van der Waals surface area contributed by atoms with E-state index in [-0.39, 0.29) is 0 Å². The van der Waals surface area contributed by atoms with E-state index in [0.717, 1.165) is 6.42 Å². The molecule has 1 aromatic carbocycles. The van der Waals surface area contributed by atoms with Crippen LogP contribution in [0.15, 0.2) is 16.6 Å². The first-order valence-electron chi connectivity index (χ1n) is 4.90. The molecule has 2 heteroatoms. The molecule has 2 aromatic rings. The highest BCUT2D eigenvalue weighted by molar-refractivity contribution is 9.10. The largest absolute Gasteiger partial charge is 0.358 e. The van der Waals surface area contributed by atoms with E-state index < -0.39 is 0 Å². The fourth-order valence-electron chi connectivity index (χ4n) is 1.87. The van der Waals surface area contributed by atoms with E-state index in [1.54, 1.807) is 0 Å². The molecule has 0 bridgehead atoms. The Balaban J connectivity index is 2.80. The van der Waals surface area contributed by atoms with Gasteiger partial charge in [-0.2, -0.15) is 0 Å². The predicted molar refractivity (Wildman–Crippen MR) is 64.9 cm³/mol. The average molecular weight is 252 g/mol. The number of nitrogens with one attached hydrogen (secondary N) is 1. The van der Waals surface area contributed by atoms with Crippen molar-refractivity contribution in [3.05, 3.63) is 33.4 Å². The quantitative estimate of drug-likeness (QED) is 0.786. The topological polar surface area (TPSA) is 15.8 Å². The molecule has 1 heterocycles. The standard InChI is InChI=1S/C12H14BrN/c1-4-11-8(3)9-6-10(13)7(2)5-12(9)14-11/h5-6,14H,4H2,1-3H3. The van der Waals surface area contributed by atoms with Crippen LogP contribution < -0.4 is 0 Å². The van der Waals surface area contributed by atoms with Gasteiger partial charge in [0.1, 0.15) is 0 Å². The van der Waals surface area contributed by atoms with Crippen LogP contribution in [-0.4, -0.2) is 4.98 Å². The Morgan fingerprint density at radius 2 is 2.00 bits per heavy atom. The summed E-state index contributed by atoms with van der Waals surface area (Å²) in [6.07, 6.45) is 1.07. The lowest BCUT2D eigenvalue weighted by Crippen LogP contribution is -1.80. The third-order valence-electron chi connectivity index (χ3n) is 2.79. The number of H-pyrrole nitrogens is 1. The third kappa shape index (κ3) is 1.38. The van der Waals surface area contributed by atoms with Crippen molar-refractivity contribution in [2.24, 2.45) is 0 Å². The number of fused-ring (bicyclic) bond motifs is 1. The second kappa shape index (κ2) is 3.43. The van der Waals surface area contributed by atoms with E-state index in [9.17, 15) is 0 Å². The Morgan fingerprint density at radius 3 is 2.64 bits per heavy atom. The first-order chi connectivity index (χ1) is 6.63. The van der Waals surface area contributed by atoms with Crippen LogP contribution in [-0.2, 0) is 6.42 Å². The Morgan fingerprint density at radius 1 is 1.29 bits per heavy atom. The summed E-state index contributed by atoms with van der Waals surface area (Å²) >= 11 is 3.57. The summed E-state index contributed by atoms with van der Waals surface area (Å²) in [5.74, 6) is 0. The fraction of sp³-hybridized carbons (Fsp3) is 0.333. The van der Waals surface area contributed by atoms with Crippen LogP contribution in [0, 0.1) is 13.8 Å². The van der Waals surface area contributed by atoms with E-state index in [0.29, 0.717) is 0 Å². The first-order valence-corrected chi connectivity index (χ1v) is 5.70. The zero-order valence-corrected chi connectivity index (χ0v) is 10.3. The van der Waals surface area contributed by atoms with Crippen molar-refractivity contribution in [1.82, 2.24) is 4.98 Å².